The lowest BCUT2D eigenvalue weighted by molar-refractivity contribution is 0.632. The van der Waals surface area contributed by atoms with E-state index >= 15 is 0 Å². The maximum Gasteiger partial charge on any atom is 0.146 e. The Kier molecular flexibility index (Phi) is 4.24. The standard InChI is InChI=1S/C17H17FN6/c1-11-8-24(17-15(11)16(20)22-10-23-17)9-12(6-19)7-21-14-5-3-2-4-13(14)18/h2-8,10,19,21H,9H2,1H3,(H2,20,22,23)/b12-7+,19-6?. The number of aryl methyl sites for hydroxylation is 1. The summed E-state index contributed by atoms with van der Waals surface area (Å²) in [5.74, 6) is 0.0852. The molecule has 0 aliphatic carbocycles. The first-order chi connectivity index (χ1) is 11.6. The molecule has 3 aromatic rings. The van der Waals surface area contributed by atoms with Gasteiger partial charge in [-0.2, -0.15) is 0 Å². The van der Waals surface area contributed by atoms with E-state index in [2.05, 4.69) is 15.3 Å². The Balaban J connectivity index is 1.89. The van der Waals surface area contributed by atoms with Crippen molar-refractivity contribution >= 4 is 28.8 Å². The Morgan fingerprint density at radius 1 is 1.38 bits per heavy atom. The minimum atomic E-state index is -0.346. The summed E-state index contributed by atoms with van der Waals surface area (Å²) in [5.41, 5.74) is 8.60. The molecule has 0 saturated heterocycles. The zero-order valence-electron chi connectivity index (χ0n) is 13.1. The second-order valence-electron chi connectivity index (χ2n) is 5.39. The molecule has 0 radical (unpaired) electrons. The van der Waals surface area contributed by atoms with E-state index in [4.69, 9.17) is 11.1 Å². The van der Waals surface area contributed by atoms with Crippen LogP contribution in [0, 0.1) is 18.2 Å². The Morgan fingerprint density at radius 3 is 2.92 bits per heavy atom. The Bertz CT molecular complexity index is 928. The van der Waals surface area contributed by atoms with Crippen molar-refractivity contribution in [1.82, 2.24) is 14.5 Å². The van der Waals surface area contributed by atoms with Gasteiger partial charge in [0.1, 0.15) is 23.6 Å². The number of allylic oxidation sites excluding steroid dienone is 1. The van der Waals surface area contributed by atoms with Crippen LogP contribution < -0.4 is 11.1 Å². The highest BCUT2D eigenvalue weighted by Gasteiger charge is 2.11. The van der Waals surface area contributed by atoms with E-state index in [1.807, 2.05) is 17.7 Å². The van der Waals surface area contributed by atoms with Crippen molar-refractivity contribution in [3.63, 3.8) is 0 Å². The number of halogens is 1. The van der Waals surface area contributed by atoms with E-state index in [0.717, 1.165) is 10.9 Å². The first-order valence-electron chi connectivity index (χ1n) is 7.36. The van der Waals surface area contributed by atoms with Crippen molar-refractivity contribution in [3.05, 3.63) is 59.9 Å². The topological polar surface area (TPSA) is 92.6 Å². The summed E-state index contributed by atoms with van der Waals surface area (Å²) in [7, 11) is 0. The summed E-state index contributed by atoms with van der Waals surface area (Å²) < 4.78 is 15.5. The number of nitrogens with one attached hydrogen (secondary N) is 2. The van der Waals surface area contributed by atoms with Gasteiger partial charge in [-0.05, 0) is 24.6 Å². The molecule has 3 rings (SSSR count). The van der Waals surface area contributed by atoms with Gasteiger partial charge < -0.3 is 21.0 Å². The fourth-order valence-electron chi connectivity index (χ4n) is 2.54. The molecule has 6 nitrogen and oxygen atoms in total. The van der Waals surface area contributed by atoms with Gasteiger partial charge in [0, 0.05) is 24.2 Å². The van der Waals surface area contributed by atoms with Gasteiger partial charge in [0.05, 0.1) is 17.6 Å². The molecule has 0 atom stereocenters. The largest absolute Gasteiger partial charge is 0.383 e. The number of aromatic nitrogens is 3. The van der Waals surface area contributed by atoms with Crippen LogP contribution in [0.2, 0.25) is 0 Å². The lowest BCUT2D eigenvalue weighted by Gasteiger charge is -2.07. The first kappa shape index (κ1) is 15.7. The molecule has 0 amide bonds. The third kappa shape index (κ3) is 2.96. The number of benzene rings is 1. The number of nitrogens with two attached hydrogens (primary N) is 1. The summed E-state index contributed by atoms with van der Waals surface area (Å²) in [6, 6.07) is 6.38. The van der Waals surface area contributed by atoms with Crippen LogP contribution in [0.1, 0.15) is 5.56 Å². The predicted octanol–water partition coefficient (Wildman–Crippen LogP) is 3.11. The monoisotopic (exact) mass is 324 g/mol. The van der Waals surface area contributed by atoms with Crippen LogP contribution in [0.15, 0.2) is 48.6 Å². The molecule has 0 unspecified atom stereocenters. The highest BCUT2D eigenvalue weighted by atomic mass is 19.1. The zero-order valence-corrected chi connectivity index (χ0v) is 13.1. The third-order valence-corrected chi connectivity index (χ3v) is 3.70. The number of rotatable bonds is 5. The van der Waals surface area contributed by atoms with Gasteiger partial charge in [-0.25, -0.2) is 14.4 Å². The molecule has 0 aliphatic rings. The Labute approximate surface area is 138 Å². The second kappa shape index (κ2) is 6.49. The zero-order chi connectivity index (χ0) is 17.1. The Morgan fingerprint density at radius 2 is 2.17 bits per heavy atom. The predicted molar refractivity (Wildman–Crippen MR) is 93.6 cm³/mol. The number of hydrogen-bond acceptors (Lipinski definition) is 5. The van der Waals surface area contributed by atoms with Crippen LogP contribution in [-0.4, -0.2) is 20.7 Å². The summed E-state index contributed by atoms with van der Waals surface area (Å²) in [4.78, 5) is 8.28. The van der Waals surface area contributed by atoms with E-state index in [9.17, 15) is 4.39 Å². The minimum absolute atomic E-state index is 0.346. The normalized spacial score (nSPS) is 11.7. The lowest BCUT2D eigenvalue weighted by Crippen LogP contribution is -2.04. The minimum Gasteiger partial charge on any atom is -0.383 e. The number of nitrogens with zero attached hydrogens (tertiary/aromatic N) is 3. The number of anilines is 2. The van der Waals surface area contributed by atoms with Crippen LogP contribution in [0.5, 0.6) is 0 Å². The van der Waals surface area contributed by atoms with Crippen molar-refractivity contribution in [2.75, 3.05) is 11.1 Å². The van der Waals surface area contributed by atoms with E-state index in [-0.39, 0.29) is 5.82 Å². The average molecular weight is 324 g/mol. The molecule has 2 aromatic heterocycles. The molecule has 0 bridgehead atoms. The molecular formula is C17H17FN6. The molecule has 0 saturated carbocycles. The van der Waals surface area contributed by atoms with Gasteiger partial charge in [-0.15, -0.1) is 0 Å². The number of para-hydroxylation sites is 1. The molecule has 24 heavy (non-hydrogen) atoms. The van der Waals surface area contributed by atoms with Crippen molar-refractivity contribution in [2.24, 2.45) is 0 Å². The van der Waals surface area contributed by atoms with Crippen LogP contribution in [-0.2, 0) is 6.54 Å². The smallest absolute Gasteiger partial charge is 0.146 e. The van der Waals surface area contributed by atoms with Gasteiger partial charge >= 0.3 is 0 Å². The SMILES string of the molecule is Cc1cn(C/C(C=N)=C/Nc2ccccc2F)c2ncnc(N)c12. The highest BCUT2D eigenvalue weighted by molar-refractivity contribution is 5.89. The van der Waals surface area contributed by atoms with Crippen LogP contribution in [0.4, 0.5) is 15.9 Å². The second-order valence-corrected chi connectivity index (χ2v) is 5.39. The van der Waals surface area contributed by atoms with Crippen LogP contribution in [0.25, 0.3) is 11.0 Å². The van der Waals surface area contributed by atoms with Gasteiger partial charge in [0.15, 0.2) is 0 Å². The molecule has 122 valence electrons. The molecule has 7 heteroatoms. The van der Waals surface area contributed by atoms with Crippen molar-refractivity contribution in [3.8, 4) is 0 Å². The number of nitrogen functional groups attached to an aromatic ring is 1. The maximum atomic E-state index is 13.6. The van der Waals surface area contributed by atoms with E-state index in [1.165, 1.54) is 18.6 Å². The lowest BCUT2D eigenvalue weighted by atomic mass is 10.2. The van der Waals surface area contributed by atoms with Crippen molar-refractivity contribution in [2.45, 2.75) is 13.5 Å². The van der Waals surface area contributed by atoms with Crippen LogP contribution >= 0.6 is 0 Å². The summed E-state index contributed by atoms with van der Waals surface area (Å²) in [6.07, 6.45) is 6.16. The first-order valence-corrected chi connectivity index (χ1v) is 7.36. The molecule has 1 aromatic carbocycles. The fraction of sp³-hybridized carbons (Fsp3) is 0.118. The molecule has 4 N–H and O–H groups in total. The van der Waals surface area contributed by atoms with Gasteiger partial charge in [-0.1, -0.05) is 12.1 Å². The van der Waals surface area contributed by atoms with E-state index < -0.39 is 0 Å². The summed E-state index contributed by atoms with van der Waals surface area (Å²) >= 11 is 0. The van der Waals surface area contributed by atoms with Crippen molar-refractivity contribution < 1.29 is 4.39 Å². The highest BCUT2D eigenvalue weighted by Crippen LogP contribution is 2.23. The molecule has 0 fully saturated rings. The van der Waals surface area contributed by atoms with Gasteiger partial charge in [0.25, 0.3) is 0 Å². The third-order valence-electron chi connectivity index (χ3n) is 3.70. The molecule has 2 heterocycles. The molecule has 0 spiro atoms. The number of hydrogen-bond donors (Lipinski definition) is 3. The molecule has 0 aliphatic heterocycles. The summed E-state index contributed by atoms with van der Waals surface area (Å²) in [5, 5.41) is 11.3. The van der Waals surface area contributed by atoms with E-state index in [0.29, 0.717) is 29.3 Å². The van der Waals surface area contributed by atoms with Crippen molar-refractivity contribution in [1.29, 1.82) is 5.41 Å². The summed E-state index contributed by atoms with van der Waals surface area (Å²) in [6.45, 7) is 2.34. The average Bonchev–Trinajstić information content (AvgIpc) is 2.90. The molecular weight excluding hydrogens is 307 g/mol. The van der Waals surface area contributed by atoms with E-state index in [1.54, 1.807) is 24.4 Å². The van der Waals surface area contributed by atoms with Gasteiger partial charge in [0.2, 0.25) is 0 Å². The fourth-order valence-corrected chi connectivity index (χ4v) is 2.54. The quantitative estimate of drug-likeness (QED) is 0.629. The Hall–Kier alpha value is -3.22. The maximum absolute atomic E-state index is 13.6. The van der Waals surface area contributed by atoms with Gasteiger partial charge in [-0.3, -0.25) is 0 Å². The van der Waals surface area contributed by atoms with Crippen LogP contribution in [0.3, 0.4) is 0 Å². The number of fused-ring (bicyclic) bond motifs is 1.